The van der Waals surface area contributed by atoms with E-state index < -0.39 is 0 Å². The van der Waals surface area contributed by atoms with Crippen LogP contribution in [0.4, 0.5) is 5.82 Å². The predicted molar refractivity (Wildman–Crippen MR) is 98.9 cm³/mol. The molecule has 25 heavy (non-hydrogen) atoms. The van der Waals surface area contributed by atoms with Gasteiger partial charge in [0.15, 0.2) is 5.82 Å². The summed E-state index contributed by atoms with van der Waals surface area (Å²) in [5.41, 5.74) is 2.19. The monoisotopic (exact) mass is 338 g/mol. The minimum atomic E-state index is 0.182. The van der Waals surface area contributed by atoms with Crippen LogP contribution in [0.25, 0.3) is 5.69 Å². The van der Waals surface area contributed by atoms with Crippen molar-refractivity contribution in [2.24, 2.45) is 23.7 Å². The third-order valence-corrected chi connectivity index (χ3v) is 5.44. The number of aromatic nitrogens is 2. The molecule has 0 radical (unpaired) electrons. The first-order chi connectivity index (χ1) is 12.1. The molecule has 5 nitrogen and oxygen atoms in total. The fraction of sp³-hybridized carbons (Fsp3) is 0.500. The second-order valence-electron chi connectivity index (χ2n) is 7.75. The molecule has 2 heterocycles. The maximum atomic E-state index is 12.8. The molecule has 2 aromatic rings. The zero-order chi connectivity index (χ0) is 17.6. The lowest BCUT2D eigenvalue weighted by atomic mass is 10.1. The molecule has 1 saturated carbocycles. The molecule has 1 amide bonds. The summed E-state index contributed by atoms with van der Waals surface area (Å²) in [6, 6.07) is 12.2. The van der Waals surface area contributed by atoms with Gasteiger partial charge in [0.25, 0.3) is 0 Å². The number of nitrogens with zero attached hydrogens (tertiary/aromatic N) is 3. The standard InChI is InChI=1S/C20H26N4O/c1-13(2)9-15-10-18(22-24(15)14-7-5-4-6-8-14)23(3)20(25)19-16-11-21-12-17(16)19/h4-8,10,13,16-17,19,21H,9,11-12H2,1-3H3. The Hall–Kier alpha value is -2.14. The number of nitrogens with one attached hydrogen (secondary N) is 1. The van der Waals surface area contributed by atoms with Crippen LogP contribution in [-0.4, -0.2) is 35.8 Å². The van der Waals surface area contributed by atoms with Gasteiger partial charge in [0.2, 0.25) is 5.91 Å². The van der Waals surface area contributed by atoms with Crippen molar-refractivity contribution in [3.8, 4) is 5.69 Å². The topological polar surface area (TPSA) is 50.2 Å². The summed E-state index contributed by atoms with van der Waals surface area (Å²) in [5.74, 6) is 2.74. The first-order valence-electron chi connectivity index (χ1n) is 9.19. The van der Waals surface area contributed by atoms with Crippen LogP contribution in [0.15, 0.2) is 36.4 Å². The van der Waals surface area contributed by atoms with Gasteiger partial charge in [-0.25, -0.2) is 4.68 Å². The largest absolute Gasteiger partial charge is 0.316 e. The third-order valence-electron chi connectivity index (χ3n) is 5.44. The van der Waals surface area contributed by atoms with Crippen molar-refractivity contribution < 1.29 is 4.79 Å². The van der Waals surface area contributed by atoms with Crippen LogP contribution in [0, 0.1) is 23.7 Å². The molecule has 1 saturated heterocycles. The van der Waals surface area contributed by atoms with Crippen molar-refractivity contribution in [1.29, 1.82) is 0 Å². The van der Waals surface area contributed by atoms with E-state index in [0.717, 1.165) is 36.7 Å². The molecule has 2 fully saturated rings. The Labute approximate surface area is 149 Å². The lowest BCUT2D eigenvalue weighted by molar-refractivity contribution is -0.120. The van der Waals surface area contributed by atoms with Gasteiger partial charge in [0.1, 0.15) is 0 Å². The average Bonchev–Trinajstić information content (AvgIpc) is 2.96. The quantitative estimate of drug-likeness (QED) is 0.911. The Morgan fingerprint density at radius 3 is 2.60 bits per heavy atom. The molecule has 2 unspecified atom stereocenters. The van der Waals surface area contributed by atoms with Crippen LogP contribution in [0.1, 0.15) is 19.5 Å². The van der Waals surface area contributed by atoms with Gasteiger partial charge in [0.05, 0.1) is 5.69 Å². The van der Waals surface area contributed by atoms with Crippen molar-refractivity contribution in [1.82, 2.24) is 15.1 Å². The van der Waals surface area contributed by atoms with Gasteiger partial charge in [0, 0.05) is 24.7 Å². The lowest BCUT2D eigenvalue weighted by Crippen LogP contribution is -2.32. The molecule has 5 heteroatoms. The van der Waals surface area contributed by atoms with E-state index in [-0.39, 0.29) is 11.8 Å². The fourth-order valence-electron chi connectivity index (χ4n) is 4.05. The number of anilines is 1. The number of carbonyl (C=O) groups excluding carboxylic acids is 1. The van der Waals surface area contributed by atoms with E-state index in [2.05, 4.69) is 37.4 Å². The predicted octanol–water partition coefficient (Wildman–Crippen LogP) is 2.50. The highest BCUT2D eigenvalue weighted by molar-refractivity contribution is 5.96. The number of amides is 1. The number of hydrogen-bond donors (Lipinski definition) is 1. The minimum absolute atomic E-state index is 0.182. The Balaban J connectivity index is 1.61. The van der Waals surface area contributed by atoms with Gasteiger partial charge in [-0.3, -0.25) is 9.69 Å². The zero-order valence-electron chi connectivity index (χ0n) is 15.1. The van der Waals surface area contributed by atoms with Crippen LogP contribution in [0.3, 0.4) is 0 Å². The third kappa shape index (κ3) is 2.97. The normalized spacial score (nSPS) is 24.4. The lowest BCUT2D eigenvalue weighted by Gasteiger charge is -2.15. The molecule has 0 spiro atoms. The molecular weight excluding hydrogens is 312 g/mol. The van der Waals surface area contributed by atoms with Gasteiger partial charge in [-0.15, -0.1) is 5.10 Å². The molecule has 132 valence electrons. The van der Waals surface area contributed by atoms with Crippen LogP contribution < -0.4 is 10.2 Å². The van der Waals surface area contributed by atoms with Crippen molar-refractivity contribution in [3.63, 3.8) is 0 Å². The highest BCUT2D eigenvalue weighted by atomic mass is 16.2. The summed E-state index contributed by atoms with van der Waals surface area (Å²) in [6.07, 6.45) is 0.933. The first-order valence-corrected chi connectivity index (χ1v) is 9.19. The number of benzene rings is 1. The summed E-state index contributed by atoms with van der Waals surface area (Å²) in [7, 11) is 1.86. The molecule has 1 aliphatic carbocycles. The maximum absolute atomic E-state index is 12.8. The summed E-state index contributed by atoms with van der Waals surface area (Å²) in [5, 5.41) is 8.12. The van der Waals surface area contributed by atoms with E-state index >= 15 is 0 Å². The Kier molecular flexibility index (Phi) is 4.12. The molecule has 1 aromatic carbocycles. The first kappa shape index (κ1) is 16.3. The van der Waals surface area contributed by atoms with E-state index in [1.54, 1.807) is 4.90 Å². The highest BCUT2D eigenvalue weighted by Crippen LogP contribution is 2.49. The van der Waals surface area contributed by atoms with Gasteiger partial charge in [-0.2, -0.15) is 0 Å². The number of carbonyl (C=O) groups is 1. The van der Waals surface area contributed by atoms with Gasteiger partial charge in [-0.05, 0) is 49.4 Å². The van der Waals surface area contributed by atoms with Crippen LogP contribution in [-0.2, 0) is 11.2 Å². The van der Waals surface area contributed by atoms with E-state index in [1.165, 1.54) is 0 Å². The second kappa shape index (κ2) is 6.30. The Morgan fingerprint density at radius 2 is 1.96 bits per heavy atom. The fourth-order valence-corrected chi connectivity index (χ4v) is 4.05. The summed E-state index contributed by atoms with van der Waals surface area (Å²) in [6.45, 7) is 6.36. The van der Waals surface area contributed by atoms with E-state index in [1.807, 2.05) is 29.9 Å². The van der Waals surface area contributed by atoms with E-state index in [0.29, 0.717) is 17.8 Å². The molecule has 0 bridgehead atoms. The molecule has 2 atom stereocenters. The van der Waals surface area contributed by atoms with E-state index in [4.69, 9.17) is 5.10 Å². The number of rotatable bonds is 5. The number of para-hydroxylation sites is 1. The Bertz CT molecular complexity index is 757. The number of piperidine rings is 1. The van der Waals surface area contributed by atoms with Crippen LogP contribution in [0.5, 0.6) is 0 Å². The van der Waals surface area contributed by atoms with Gasteiger partial charge >= 0.3 is 0 Å². The molecule has 1 aromatic heterocycles. The van der Waals surface area contributed by atoms with Crippen LogP contribution in [0.2, 0.25) is 0 Å². The average molecular weight is 338 g/mol. The Morgan fingerprint density at radius 1 is 1.28 bits per heavy atom. The molecule has 2 aliphatic rings. The maximum Gasteiger partial charge on any atom is 0.231 e. The summed E-state index contributed by atoms with van der Waals surface area (Å²) >= 11 is 0. The highest BCUT2D eigenvalue weighted by Gasteiger charge is 2.57. The number of hydrogen-bond acceptors (Lipinski definition) is 3. The van der Waals surface area contributed by atoms with Gasteiger partial charge < -0.3 is 5.32 Å². The number of fused-ring (bicyclic) bond motifs is 1. The summed E-state index contributed by atoms with van der Waals surface area (Å²) < 4.78 is 1.98. The van der Waals surface area contributed by atoms with Crippen molar-refractivity contribution in [2.45, 2.75) is 20.3 Å². The zero-order valence-corrected chi connectivity index (χ0v) is 15.1. The van der Waals surface area contributed by atoms with Gasteiger partial charge in [-0.1, -0.05) is 32.0 Å². The second-order valence-corrected chi connectivity index (χ2v) is 7.75. The molecular formula is C20H26N4O. The smallest absolute Gasteiger partial charge is 0.231 e. The molecule has 1 N–H and O–H groups in total. The molecule has 1 aliphatic heterocycles. The summed E-state index contributed by atoms with van der Waals surface area (Å²) in [4.78, 5) is 14.6. The van der Waals surface area contributed by atoms with E-state index in [9.17, 15) is 4.79 Å². The van der Waals surface area contributed by atoms with Crippen molar-refractivity contribution >= 4 is 11.7 Å². The van der Waals surface area contributed by atoms with Crippen molar-refractivity contribution in [2.75, 3.05) is 25.0 Å². The van der Waals surface area contributed by atoms with Crippen molar-refractivity contribution in [3.05, 3.63) is 42.1 Å². The minimum Gasteiger partial charge on any atom is -0.316 e. The SMILES string of the molecule is CC(C)Cc1cc(N(C)C(=O)C2C3CNCC32)nn1-c1ccccc1. The van der Waals surface area contributed by atoms with Crippen LogP contribution >= 0.6 is 0 Å². The molecule has 4 rings (SSSR count).